The zero-order valence-corrected chi connectivity index (χ0v) is 57.3. The van der Waals surface area contributed by atoms with E-state index >= 15 is 0 Å². The van der Waals surface area contributed by atoms with Gasteiger partial charge in [0.05, 0.1) is 21.9 Å². The third-order valence-corrected chi connectivity index (χ3v) is 22.9. The molecule has 103 heavy (non-hydrogen) atoms. The Balaban J connectivity index is 0.753. The number of para-hydroxylation sites is 1. The summed E-state index contributed by atoms with van der Waals surface area (Å²) in [6.45, 7) is 4.46. The Kier molecular flexibility index (Phi) is 13.8. The Morgan fingerprint density at radius 3 is 0.835 bits per heavy atom. The van der Waals surface area contributed by atoms with Crippen LogP contribution in [-0.2, 0) is 16.2 Å². The van der Waals surface area contributed by atoms with Gasteiger partial charge in [-0.2, -0.15) is 0 Å². The summed E-state index contributed by atoms with van der Waals surface area (Å²) in [7, 11) is 0. The zero-order valence-electron chi connectivity index (χ0n) is 57.3. The quantitative estimate of drug-likeness (QED) is 0.120. The van der Waals surface area contributed by atoms with Crippen molar-refractivity contribution in [2.75, 3.05) is 9.80 Å². The number of fused-ring (bicyclic) bond motifs is 16. The number of rotatable bonds is 12. The highest BCUT2D eigenvalue weighted by atomic mass is 15.2. The highest BCUT2D eigenvalue weighted by Gasteiger charge is 2.53. The number of hydrogen-bond acceptors (Lipinski definition) is 2. The average molecular weight is 1310 g/mol. The van der Waals surface area contributed by atoms with Crippen LogP contribution in [0.3, 0.4) is 0 Å². The van der Waals surface area contributed by atoms with Gasteiger partial charge < -0.3 is 9.80 Å². The monoisotopic (exact) mass is 1310 g/mol. The molecular formula is C101H70N2. The molecule has 0 aromatic heterocycles. The molecule has 0 fully saturated rings. The molecule has 0 atom stereocenters. The van der Waals surface area contributed by atoms with Gasteiger partial charge in [0.1, 0.15) is 0 Å². The summed E-state index contributed by atoms with van der Waals surface area (Å²) >= 11 is 0. The van der Waals surface area contributed by atoms with E-state index in [0.717, 1.165) is 56.4 Å². The van der Waals surface area contributed by atoms with Crippen LogP contribution in [0.25, 0.3) is 66.8 Å². The lowest BCUT2D eigenvalue weighted by Crippen LogP contribution is -2.29. The molecule has 2 heteroatoms. The SMILES string of the molecule is Cc1ccc2c(c1)C(c1ccccc1)(c1ccccc1)c1cc(N(c3ccc(-c4ccc(N(c5ccc6c(c5)C5(c7ccccc7-c7ccccc75)c5ccccc5-6)c5ccccc5-c5ccccc5)cc4)cc3)c3ccc4c(c3)C(c3ccccc3)(c3ccccc3)c3cc(C)ccc3-4)ccc1-2. The van der Waals surface area contributed by atoms with E-state index in [9.17, 15) is 0 Å². The summed E-state index contributed by atoms with van der Waals surface area (Å²) in [4.78, 5) is 5.00. The molecule has 0 saturated carbocycles. The van der Waals surface area contributed by atoms with Gasteiger partial charge in [-0.05, 0) is 209 Å². The van der Waals surface area contributed by atoms with Gasteiger partial charge in [-0.15, -0.1) is 0 Å². The van der Waals surface area contributed by atoms with Crippen molar-refractivity contribution in [3.05, 3.63) is 466 Å². The molecule has 484 valence electrons. The molecule has 4 aliphatic carbocycles. The highest BCUT2D eigenvalue weighted by Crippen LogP contribution is 2.65. The minimum Gasteiger partial charge on any atom is -0.310 e. The van der Waals surface area contributed by atoms with Crippen LogP contribution in [0.15, 0.2) is 388 Å². The molecule has 0 radical (unpaired) electrons. The lowest BCUT2D eigenvalue weighted by molar-refractivity contribution is 0.766. The normalized spacial score (nSPS) is 13.8. The van der Waals surface area contributed by atoms with Crippen LogP contribution < -0.4 is 9.80 Å². The molecule has 16 aromatic rings. The van der Waals surface area contributed by atoms with E-state index < -0.39 is 16.2 Å². The van der Waals surface area contributed by atoms with Crippen LogP contribution >= 0.6 is 0 Å². The molecule has 4 aliphatic rings. The van der Waals surface area contributed by atoms with Crippen LogP contribution in [0.2, 0.25) is 0 Å². The maximum atomic E-state index is 2.52. The van der Waals surface area contributed by atoms with Crippen LogP contribution in [-0.4, -0.2) is 0 Å². The minimum atomic E-state index is -0.605. The molecule has 0 bridgehead atoms. The first-order valence-corrected chi connectivity index (χ1v) is 36.0. The number of hydrogen-bond donors (Lipinski definition) is 0. The first-order valence-electron chi connectivity index (χ1n) is 36.0. The molecule has 0 saturated heterocycles. The van der Waals surface area contributed by atoms with Crippen LogP contribution in [0.1, 0.15) is 77.9 Å². The number of benzene rings is 16. The predicted molar refractivity (Wildman–Crippen MR) is 427 cm³/mol. The van der Waals surface area contributed by atoms with Crippen molar-refractivity contribution >= 4 is 34.1 Å². The van der Waals surface area contributed by atoms with Crippen LogP contribution in [0.5, 0.6) is 0 Å². The fourth-order valence-corrected chi connectivity index (χ4v) is 18.7. The van der Waals surface area contributed by atoms with E-state index in [4.69, 9.17) is 0 Å². The summed E-state index contributed by atoms with van der Waals surface area (Å²) in [5, 5.41) is 0. The van der Waals surface area contributed by atoms with Crippen molar-refractivity contribution in [1.82, 2.24) is 0 Å². The summed E-state index contributed by atoms with van der Waals surface area (Å²) in [5.41, 5.74) is 37.4. The maximum Gasteiger partial charge on any atom is 0.0726 e. The lowest BCUT2D eigenvalue weighted by atomic mass is 9.67. The first kappa shape index (κ1) is 60.1. The number of nitrogens with zero attached hydrogens (tertiary/aromatic N) is 2. The molecule has 16 aromatic carbocycles. The highest BCUT2D eigenvalue weighted by molar-refractivity contribution is 5.99. The average Bonchev–Trinajstić information content (AvgIpc) is 1.51. The van der Waals surface area contributed by atoms with E-state index in [1.165, 1.54) is 122 Å². The third kappa shape index (κ3) is 8.87. The van der Waals surface area contributed by atoms with E-state index in [-0.39, 0.29) is 0 Å². The Labute approximate surface area is 603 Å². The Morgan fingerprint density at radius 1 is 0.175 bits per heavy atom. The summed E-state index contributed by atoms with van der Waals surface area (Å²) in [6, 6.07) is 146. The first-order chi connectivity index (χ1) is 50.9. The predicted octanol–water partition coefficient (Wildman–Crippen LogP) is 25.6. The van der Waals surface area contributed by atoms with E-state index in [0.29, 0.717) is 0 Å². The Hall–Kier alpha value is -12.9. The molecule has 20 rings (SSSR count). The Bertz CT molecular complexity index is 5670. The number of anilines is 6. The summed E-state index contributed by atoms with van der Waals surface area (Å²) < 4.78 is 0. The second kappa shape index (κ2) is 23.6. The molecule has 0 N–H and O–H groups in total. The van der Waals surface area contributed by atoms with Gasteiger partial charge in [0.15, 0.2) is 0 Å². The molecule has 0 unspecified atom stereocenters. The van der Waals surface area contributed by atoms with Crippen LogP contribution in [0, 0.1) is 13.8 Å². The molecule has 0 aliphatic heterocycles. The summed E-state index contributed by atoms with van der Waals surface area (Å²) in [5.74, 6) is 0. The third-order valence-electron chi connectivity index (χ3n) is 22.9. The molecule has 1 spiro atoms. The molecule has 2 nitrogen and oxygen atoms in total. The van der Waals surface area contributed by atoms with Crippen molar-refractivity contribution in [2.24, 2.45) is 0 Å². The second-order valence-corrected chi connectivity index (χ2v) is 28.3. The topological polar surface area (TPSA) is 6.48 Å². The fraction of sp³-hybridized carbons (Fsp3) is 0.0495. The number of aryl methyl sites for hydroxylation is 2. The van der Waals surface area contributed by atoms with E-state index in [2.05, 4.69) is 412 Å². The zero-order chi connectivity index (χ0) is 68.4. The van der Waals surface area contributed by atoms with Gasteiger partial charge in [-0.3, -0.25) is 0 Å². The largest absolute Gasteiger partial charge is 0.310 e. The fourth-order valence-electron chi connectivity index (χ4n) is 18.7. The van der Waals surface area contributed by atoms with Gasteiger partial charge in [-0.1, -0.05) is 333 Å². The second-order valence-electron chi connectivity index (χ2n) is 28.3. The smallest absolute Gasteiger partial charge is 0.0726 e. The van der Waals surface area contributed by atoms with Gasteiger partial charge in [0.25, 0.3) is 0 Å². The summed E-state index contributed by atoms with van der Waals surface area (Å²) in [6.07, 6.45) is 0. The lowest BCUT2D eigenvalue weighted by Gasteiger charge is -2.36. The maximum absolute atomic E-state index is 2.52. The van der Waals surface area contributed by atoms with E-state index in [1.807, 2.05) is 0 Å². The van der Waals surface area contributed by atoms with Gasteiger partial charge in [0.2, 0.25) is 0 Å². The van der Waals surface area contributed by atoms with Crippen molar-refractivity contribution in [2.45, 2.75) is 30.1 Å². The van der Waals surface area contributed by atoms with Gasteiger partial charge >= 0.3 is 0 Å². The molecule has 0 heterocycles. The van der Waals surface area contributed by atoms with Crippen LogP contribution in [0.4, 0.5) is 34.1 Å². The van der Waals surface area contributed by atoms with Gasteiger partial charge in [0, 0.05) is 34.0 Å². The van der Waals surface area contributed by atoms with Crippen molar-refractivity contribution < 1.29 is 0 Å². The van der Waals surface area contributed by atoms with Gasteiger partial charge in [-0.25, -0.2) is 0 Å². The van der Waals surface area contributed by atoms with Crippen molar-refractivity contribution in [3.8, 4) is 66.8 Å². The standard InChI is InChI=1S/C101H70N2/c1-67-44-57-85-88-59-54-78(64-95(88)99(93(85)62-67,72-28-10-4-11-29-72)73-30-12-5-13-31-73)102(79-55-60-89-86-58-45-68(2)63-94(86)100(96(89)65-79,74-32-14-6-15-33-74)75-34-16-7-17-35-75)76-50-46-69(47-51-76)70-48-52-77(53-49-70)103(98-43-25-21-36-81(98)71-26-8-3-9-27-71)80-56-61-87-84-39-20-24-42-92(84)101(97(87)66-80)90-40-22-18-37-82(90)83-38-19-23-41-91(83)101/h3-66H,1-2H3. The molecular weight excluding hydrogens is 1240 g/mol. The van der Waals surface area contributed by atoms with Crippen molar-refractivity contribution in [1.29, 1.82) is 0 Å². The minimum absolute atomic E-state index is 0.494. The van der Waals surface area contributed by atoms with Crippen molar-refractivity contribution in [3.63, 3.8) is 0 Å². The Morgan fingerprint density at radius 2 is 0.447 bits per heavy atom. The van der Waals surface area contributed by atoms with E-state index in [1.54, 1.807) is 0 Å². The molecule has 0 amide bonds.